The second-order valence-corrected chi connectivity index (χ2v) is 4.71. The quantitative estimate of drug-likeness (QED) is 0.893. The highest BCUT2D eigenvalue weighted by atomic mass is 15.1. The summed E-state index contributed by atoms with van der Waals surface area (Å²) < 4.78 is 0. The Labute approximate surface area is 115 Å². The van der Waals surface area contributed by atoms with Crippen molar-refractivity contribution < 1.29 is 0 Å². The number of aromatic nitrogens is 1. The van der Waals surface area contributed by atoms with Crippen molar-refractivity contribution in [1.29, 1.82) is 0 Å². The van der Waals surface area contributed by atoms with E-state index in [0.29, 0.717) is 6.54 Å². The van der Waals surface area contributed by atoms with E-state index in [0.717, 1.165) is 18.8 Å². The van der Waals surface area contributed by atoms with Gasteiger partial charge >= 0.3 is 0 Å². The summed E-state index contributed by atoms with van der Waals surface area (Å²) in [4.78, 5) is 6.58. The van der Waals surface area contributed by atoms with Gasteiger partial charge in [-0.1, -0.05) is 12.1 Å². The van der Waals surface area contributed by atoms with E-state index in [9.17, 15) is 0 Å². The maximum Gasteiger partial charge on any atom is 0.0542 e. The molecular formula is C16H21N3. The molecular weight excluding hydrogens is 234 g/mol. The number of aryl methyl sites for hydroxylation is 1. The van der Waals surface area contributed by atoms with Crippen LogP contribution in [-0.2, 0) is 13.1 Å². The van der Waals surface area contributed by atoms with Crippen LogP contribution in [0.5, 0.6) is 0 Å². The van der Waals surface area contributed by atoms with Crippen LogP contribution in [0.2, 0.25) is 0 Å². The minimum Gasteiger partial charge on any atom is -0.367 e. The van der Waals surface area contributed by atoms with E-state index in [1.54, 1.807) is 0 Å². The van der Waals surface area contributed by atoms with E-state index >= 15 is 0 Å². The van der Waals surface area contributed by atoms with E-state index in [-0.39, 0.29) is 0 Å². The Morgan fingerprint density at radius 3 is 2.74 bits per heavy atom. The fraction of sp³-hybridized carbons (Fsp3) is 0.312. The molecule has 0 fully saturated rings. The lowest BCUT2D eigenvalue weighted by atomic mass is 10.1. The van der Waals surface area contributed by atoms with Gasteiger partial charge in [0, 0.05) is 31.5 Å². The van der Waals surface area contributed by atoms with Gasteiger partial charge < -0.3 is 10.6 Å². The molecule has 100 valence electrons. The molecule has 2 rings (SSSR count). The number of nitrogens with two attached hydrogens (primary N) is 1. The van der Waals surface area contributed by atoms with Crippen LogP contribution in [0, 0.1) is 6.92 Å². The van der Waals surface area contributed by atoms with Gasteiger partial charge in [-0.15, -0.1) is 0 Å². The van der Waals surface area contributed by atoms with Gasteiger partial charge in [0.15, 0.2) is 0 Å². The molecule has 0 saturated heterocycles. The third-order valence-corrected chi connectivity index (χ3v) is 3.21. The molecule has 0 radical (unpaired) electrons. The Bertz CT molecular complexity index is 537. The van der Waals surface area contributed by atoms with E-state index in [1.807, 2.05) is 6.20 Å². The molecule has 2 aromatic rings. The normalized spacial score (nSPS) is 10.5. The molecule has 0 unspecified atom stereocenters. The van der Waals surface area contributed by atoms with Crippen LogP contribution in [0.4, 0.5) is 5.69 Å². The molecule has 0 aliphatic heterocycles. The molecule has 0 aliphatic rings. The molecule has 1 aromatic carbocycles. The van der Waals surface area contributed by atoms with Gasteiger partial charge in [0.25, 0.3) is 0 Å². The molecule has 3 heteroatoms. The predicted octanol–water partition coefficient (Wildman–Crippen LogP) is 2.88. The summed E-state index contributed by atoms with van der Waals surface area (Å²) >= 11 is 0. The zero-order chi connectivity index (χ0) is 13.7. The highest BCUT2D eigenvalue weighted by Crippen LogP contribution is 2.18. The maximum atomic E-state index is 5.64. The van der Waals surface area contributed by atoms with Gasteiger partial charge in [0.2, 0.25) is 0 Å². The van der Waals surface area contributed by atoms with Crippen LogP contribution < -0.4 is 10.6 Å². The van der Waals surface area contributed by atoms with Gasteiger partial charge in [0.1, 0.15) is 0 Å². The Morgan fingerprint density at radius 2 is 2.05 bits per heavy atom. The minimum absolute atomic E-state index is 0.490. The van der Waals surface area contributed by atoms with E-state index in [2.05, 4.69) is 60.1 Å². The lowest BCUT2D eigenvalue weighted by Gasteiger charge is -2.23. The minimum atomic E-state index is 0.490. The molecule has 1 heterocycles. The van der Waals surface area contributed by atoms with Crippen molar-refractivity contribution >= 4 is 5.69 Å². The fourth-order valence-electron chi connectivity index (χ4n) is 2.17. The number of rotatable bonds is 5. The number of hydrogen-bond acceptors (Lipinski definition) is 3. The molecule has 0 bridgehead atoms. The molecule has 0 atom stereocenters. The first-order valence-corrected chi connectivity index (χ1v) is 6.68. The zero-order valence-corrected chi connectivity index (χ0v) is 11.6. The fourth-order valence-corrected chi connectivity index (χ4v) is 2.17. The summed E-state index contributed by atoms with van der Waals surface area (Å²) in [5, 5.41) is 0. The number of benzene rings is 1. The van der Waals surface area contributed by atoms with Gasteiger partial charge in [-0.2, -0.15) is 0 Å². The number of anilines is 1. The first-order chi connectivity index (χ1) is 9.22. The summed E-state index contributed by atoms with van der Waals surface area (Å²) in [5.41, 5.74) is 10.4. The summed E-state index contributed by atoms with van der Waals surface area (Å²) in [7, 11) is 0. The van der Waals surface area contributed by atoms with E-state index in [1.165, 1.54) is 16.8 Å². The van der Waals surface area contributed by atoms with Crippen LogP contribution in [0.15, 0.2) is 42.6 Å². The lowest BCUT2D eigenvalue weighted by molar-refractivity contribution is 0.825. The van der Waals surface area contributed by atoms with E-state index < -0.39 is 0 Å². The molecule has 3 nitrogen and oxygen atoms in total. The molecule has 0 spiro atoms. The number of nitrogens with zero attached hydrogens (tertiary/aromatic N) is 2. The average Bonchev–Trinajstić information content (AvgIpc) is 2.45. The van der Waals surface area contributed by atoms with Crippen molar-refractivity contribution in [2.45, 2.75) is 26.9 Å². The Kier molecular flexibility index (Phi) is 4.53. The average molecular weight is 255 g/mol. The summed E-state index contributed by atoms with van der Waals surface area (Å²) in [6.07, 6.45) is 1.83. The smallest absolute Gasteiger partial charge is 0.0542 e. The second-order valence-electron chi connectivity index (χ2n) is 4.71. The summed E-state index contributed by atoms with van der Waals surface area (Å²) in [5.74, 6) is 0. The van der Waals surface area contributed by atoms with Crippen molar-refractivity contribution in [3.63, 3.8) is 0 Å². The van der Waals surface area contributed by atoms with Crippen LogP contribution >= 0.6 is 0 Å². The summed E-state index contributed by atoms with van der Waals surface area (Å²) in [6.45, 7) is 6.65. The third-order valence-electron chi connectivity index (χ3n) is 3.21. The van der Waals surface area contributed by atoms with Gasteiger partial charge in [0.05, 0.1) is 5.69 Å². The monoisotopic (exact) mass is 255 g/mol. The van der Waals surface area contributed by atoms with Crippen LogP contribution in [0.3, 0.4) is 0 Å². The third kappa shape index (κ3) is 3.55. The van der Waals surface area contributed by atoms with Gasteiger partial charge in [-0.3, -0.25) is 4.98 Å². The highest BCUT2D eigenvalue weighted by molar-refractivity contribution is 5.48. The highest BCUT2D eigenvalue weighted by Gasteiger charge is 2.06. The first kappa shape index (κ1) is 13.6. The van der Waals surface area contributed by atoms with Crippen LogP contribution in [0.25, 0.3) is 0 Å². The summed E-state index contributed by atoms with van der Waals surface area (Å²) in [6, 6.07) is 12.7. The molecule has 19 heavy (non-hydrogen) atoms. The SMILES string of the molecule is CCN(Cc1ccnc(CN)c1)c1cccc(C)c1. The topological polar surface area (TPSA) is 42.2 Å². The standard InChI is InChI=1S/C16H21N3/c1-3-19(16-6-4-5-13(2)9-16)12-14-7-8-18-15(10-14)11-17/h4-10H,3,11-12,17H2,1-2H3. The van der Waals surface area contributed by atoms with Crippen LogP contribution in [-0.4, -0.2) is 11.5 Å². The maximum absolute atomic E-state index is 5.64. The largest absolute Gasteiger partial charge is 0.367 e. The number of pyridine rings is 1. The van der Waals surface area contributed by atoms with Crippen molar-refractivity contribution in [1.82, 2.24) is 4.98 Å². The van der Waals surface area contributed by atoms with Crippen molar-refractivity contribution in [3.8, 4) is 0 Å². The molecule has 0 amide bonds. The van der Waals surface area contributed by atoms with Crippen molar-refractivity contribution in [2.24, 2.45) is 5.73 Å². The molecule has 2 N–H and O–H groups in total. The van der Waals surface area contributed by atoms with Crippen LogP contribution in [0.1, 0.15) is 23.7 Å². The number of hydrogen-bond donors (Lipinski definition) is 1. The van der Waals surface area contributed by atoms with E-state index in [4.69, 9.17) is 5.73 Å². The van der Waals surface area contributed by atoms with Gasteiger partial charge in [-0.05, 0) is 49.2 Å². The Morgan fingerprint density at radius 1 is 1.21 bits per heavy atom. The van der Waals surface area contributed by atoms with Crippen molar-refractivity contribution in [3.05, 3.63) is 59.4 Å². The molecule has 0 aliphatic carbocycles. The lowest BCUT2D eigenvalue weighted by Crippen LogP contribution is -2.22. The molecule has 1 aromatic heterocycles. The van der Waals surface area contributed by atoms with Gasteiger partial charge in [-0.25, -0.2) is 0 Å². The molecule has 0 saturated carbocycles. The van der Waals surface area contributed by atoms with Crippen molar-refractivity contribution in [2.75, 3.05) is 11.4 Å². The zero-order valence-electron chi connectivity index (χ0n) is 11.6. The Hall–Kier alpha value is -1.87. The Balaban J connectivity index is 2.18. The predicted molar refractivity (Wildman–Crippen MR) is 80.0 cm³/mol. The second kappa shape index (κ2) is 6.34. The first-order valence-electron chi connectivity index (χ1n) is 6.68.